The molecule has 0 saturated carbocycles. The summed E-state index contributed by atoms with van der Waals surface area (Å²) in [7, 11) is -2.86. The van der Waals surface area contributed by atoms with Crippen LogP contribution in [0.25, 0.3) is 0 Å². The topological polar surface area (TPSA) is 46.2 Å². The number of sulfone groups is 1. The van der Waals surface area contributed by atoms with Gasteiger partial charge in [0.2, 0.25) is 0 Å². The molecule has 0 radical (unpaired) electrons. The van der Waals surface area contributed by atoms with Crippen LogP contribution in [0.4, 0.5) is 0 Å². The Balaban J connectivity index is 2.56. The third-order valence-corrected chi connectivity index (χ3v) is 4.94. The largest absolute Gasteiger partial charge is 0.310 e. The molecule has 0 fully saturated rings. The first kappa shape index (κ1) is 16.5. The van der Waals surface area contributed by atoms with Crippen molar-refractivity contribution in [3.05, 3.63) is 29.3 Å². The minimum atomic E-state index is -2.86. The van der Waals surface area contributed by atoms with E-state index in [1.807, 2.05) is 0 Å². The molecule has 0 heterocycles. The molecule has 1 N–H and O–H groups in total. The average Bonchev–Trinajstić information content (AvgIpc) is 2.26. The van der Waals surface area contributed by atoms with E-state index in [9.17, 15) is 8.42 Å². The van der Waals surface area contributed by atoms with Crippen LogP contribution in [0.3, 0.4) is 0 Å². The Bertz CT molecular complexity index is 510. The molecule has 0 aliphatic carbocycles. The fraction of sp³-hybridized carbons (Fsp3) is 0.571. The van der Waals surface area contributed by atoms with Crippen molar-refractivity contribution in [2.24, 2.45) is 0 Å². The lowest BCUT2D eigenvalue weighted by atomic mass is 10.1. The van der Waals surface area contributed by atoms with Gasteiger partial charge in [-0.1, -0.05) is 19.9 Å². The zero-order valence-corrected chi connectivity index (χ0v) is 13.7. The van der Waals surface area contributed by atoms with Crippen LogP contribution >= 0.6 is 11.8 Å². The number of benzene rings is 1. The predicted molar refractivity (Wildman–Crippen MR) is 83.6 cm³/mol. The smallest absolute Gasteiger partial charge is 0.148 e. The first-order valence-electron chi connectivity index (χ1n) is 6.41. The molecule has 0 unspecified atom stereocenters. The van der Waals surface area contributed by atoms with Gasteiger partial charge in [-0.2, -0.15) is 0 Å². The first-order valence-corrected chi connectivity index (χ1v) is 9.46. The standard InChI is InChI=1S/C14H23NO2S2/c1-11(2)15-10-13-5-6-14(9-12(13)3)18-7-8-19(4,16)17/h5-6,9,11,15H,7-8,10H2,1-4H3. The van der Waals surface area contributed by atoms with E-state index < -0.39 is 9.84 Å². The Morgan fingerprint density at radius 3 is 2.53 bits per heavy atom. The zero-order chi connectivity index (χ0) is 14.5. The van der Waals surface area contributed by atoms with Crippen LogP contribution < -0.4 is 5.32 Å². The predicted octanol–water partition coefficient (Wildman–Crippen LogP) is 2.63. The van der Waals surface area contributed by atoms with E-state index in [4.69, 9.17) is 0 Å². The van der Waals surface area contributed by atoms with Gasteiger partial charge in [-0.25, -0.2) is 8.42 Å². The molecule has 0 spiro atoms. The lowest BCUT2D eigenvalue weighted by Gasteiger charge is -2.11. The Morgan fingerprint density at radius 1 is 1.32 bits per heavy atom. The van der Waals surface area contributed by atoms with Gasteiger partial charge in [0.25, 0.3) is 0 Å². The van der Waals surface area contributed by atoms with Crippen LogP contribution in [-0.2, 0) is 16.4 Å². The van der Waals surface area contributed by atoms with Crippen LogP contribution in [0.5, 0.6) is 0 Å². The van der Waals surface area contributed by atoms with Crippen molar-refractivity contribution >= 4 is 21.6 Å². The fourth-order valence-corrected chi connectivity index (χ4v) is 3.79. The van der Waals surface area contributed by atoms with Gasteiger partial charge in [-0.3, -0.25) is 0 Å². The summed E-state index contributed by atoms with van der Waals surface area (Å²) in [5.74, 6) is 0.842. The molecule has 1 aromatic carbocycles. The lowest BCUT2D eigenvalue weighted by Crippen LogP contribution is -2.22. The summed E-state index contributed by atoms with van der Waals surface area (Å²) in [6.45, 7) is 7.23. The highest BCUT2D eigenvalue weighted by molar-refractivity contribution is 8.00. The van der Waals surface area contributed by atoms with E-state index in [0.717, 1.165) is 11.4 Å². The van der Waals surface area contributed by atoms with E-state index in [2.05, 4.69) is 44.3 Å². The van der Waals surface area contributed by atoms with E-state index in [0.29, 0.717) is 11.8 Å². The first-order chi connectivity index (χ1) is 8.78. The number of hydrogen-bond acceptors (Lipinski definition) is 4. The van der Waals surface area contributed by atoms with Crippen molar-refractivity contribution < 1.29 is 8.42 Å². The molecular formula is C14H23NO2S2. The summed E-state index contributed by atoms with van der Waals surface area (Å²) in [6, 6.07) is 6.79. The number of aryl methyl sites for hydroxylation is 1. The normalized spacial score (nSPS) is 12.1. The summed E-state index contributed by atoms with van der Waals surface area (Å²) in [6.07, 6.45) is 1.28. The molecule has 0 bridgehead atoms. The SMILES string of the molecule is Cc1cc(SCCS(C)(=O)=O)ccc1CNC(C)C. The molecule has 3 nitrogen and oxygen atoms in total. The fourth-order valence-electron chi connectivity index (χ4n) is 1.58. The van der Waals surface area contributed by atoms with Gasteiger partial charge in [-0.05, 0) is 30.2 Å². The minimum absolute atomic E-state index is 0.230. The second-order valence-corrected chi connectivity index (χ2v) is 8.53. The van der Waals surface area contributed by atoms with E-state index >= 15 is 0 Å². The molecular weight excluding hydrogens is 278 g/mol. The summed E-state index contributed by atoms with van der Waals surface area (Å²) >= 11 is 1.59. The van der Waals surface area contributed by atoms with Crippen molar-refractivity contribution in [2.75, 3.05) is 17.8 Å². The van der Waals surface area contributed by atoms with Gasteiger partial charge >= 0.3 is 0 Å². The Morgan fingerprint density at radius 2 is 2.00 bits per heavy atom. The van der Waals surface area contributed by atoms with Gasteiger partial charge in [0, 0.05) is 29.5 Å². The highest BCUT2D eigenvalue weighted by Crippen LogP contribution is 2.21. The summed E-state index contributed by atoms with van der Waals surface area (Å²) in [5.41, 5.74) is 2.54. The monoisotopic (exact) mass is 301 g/mol. The highest BCUT2D eigenvalue weighted by atomic mass is 32.2. The average molecular weight is 301 g/mol. The Hall–Kier alpha value is -0.520. The second-order valence-electron chi connectivity index (χ2n) is 5.10. The molecule has 0 amide bonds. The molecule has 108 valence electrons. The van der Waals surface area contributed by atoms with Crippen molar-refractivity contribution in [1.29, 1.82) is 0 Å². The van der Waals surface area contributed by atoms with Crippen molar-refractivity contribution in [1.82, 2.24) is 5.32 Å². The number of nitrogens with one attached hydrogen (secondary N) is 1. The van der Waals surface area contributed by atoms with Gasteiger partial charge in [-0.15, -0.1) is 11.8 Å². The van der Waals surface area contributed by atoms with E-state index in [-0.39, 0.29) is 5.75 Å². The van der Waals surface area contributed by atoms with E-state index in [1.54, 1.807) is 11.8 Å². The summed E-state index contributed by atoms with van der Waals surface area (Å²) in [4.78, 5) is 1.13. The lowest BCUT2D eigenvalue weighted by molar-refractivity contribution is 0.587. The van der Waals surface area contributed by atoms with E-state index in [1.165, 1.54) is 17.4 Å². The van der Waals surface area contributed by atoms with Gasteiger partial charge in [0.05, 0.1) is 5.75 Å². The summed E-state index contributed by atoms with van der Waals surface area (Å²) in [5, 5.41) is 3.40. The minimum Gasteiger partial charge on any atom is -0.310 e. The maximum Gasteiger partial charge on any atom is 0.148 e. The van der Waals surface area contributed by atoms with Crippen molar-refractivity contribution in [3.63, 3.8) is 0 Å². The molecule has 1 rings (SSSR count). The zero-order valence-electron chi connectivity index (χ0n) is 12.1. The molecule has 0 saturated heterocycles. The molecule has 19 heavy (non-hydrogen) atoms. The molecule has 0 atom stereocenters. The van der Waals surface area contributed by atoms with Crippen LogP contribution in [0.2, 0.25) is 0 Å². The highest BCUT2D eigenvalue weighted by Gasteiger charge is 2.05. The van der Waals surface area contributed by atoms with Gasteiger partial charge in [0.1, 0.15) is 9.84 Å². The summed E-state index contributed by atoms with van der Waals surface area (Å²) < 4.78 is 22.1. The molecule has 5 heteroatoms. The number of hydrogen-bond donors (Lipinski definition) is 1. The third kappa shape index (κ3) is 6.99. The number of thioether (sulfide) groups is 1. The molecule has 0 aromatic heterocycles. The van der Waals surface area contributed by atoms with Crippen molar-refractivity contribution in [3.8, 4) is 0 Å². The van der Waals surface area contributed by atoms with Crippen LogP contribution in [0.15, 0.2) is 23.1 Å². The number of rotatable bonds is 7. The maximum absolute atomic E-state index is 11.1. The van der Waals surface area contributed by atoms with Crippen LogP contribution in [0, 0.1) is 6.92 Å². The second kappa shape index (κ2) is 7.31. The van der Waals surface area contributed by atoms with Crippen molar-refractivity contribution in [2.45, 2.75) is 38.3 Å². The van der Waals surface area contributed by atoms with Gasteiger partial charge in [0.15, 0.2) is 0 Å². The van der Waals surface area contributed by atoms with Gasteiger partial charge < -0.3 is 5.32 Å². The van der Waals surface area contributed by atoms with Crippen LogP contribution in [-0.4, -0.2) is 32.2 Å². The Kier molecular flexibility index (Phi) is 6.36. The molecule has 0 aliphatic heterocycles. The maximum atomic E-state index is 11.1. The Labute approximate surface area is 121 Å². The molecule has 0 aliphatic rings. The quantitative estimate of drug-likeness (QED) is 0.787. The molecule has 1 aromatic rings. The van der Waals surface area contributed by atoms with Crippen LogP contribution in [0.1, 0.15) is 25.0 Å². The third-order valence-electron chi connectivity index (χ3n) is 2.74.